The fourth-order valence-electron chi connectivity index (χ4n) is 2.30. The van der Waals surface area contributed by atoms with E-state index in [1.807, 2.05) is 19.9 Å². The molecule has 2 heterocycles. The molecule has 41 heavy (non-hydrogen) atoms. The number of unbranched alkanes of at least 4 members (excludes halogenated alkanes) is 2. The molecule has 3 N–H and O–H groups in total. The zero-order valence-electron chi connectivity index (χ0n) is 24.8. The predicted molar refractivity (Wildman–Crippen MR) is 160 cm³/mol. The first kappa shape index (κ1) is 41.9. The molecule has 0 saturated carbocycles. The quantitative estimate of drug-likeness (QED) is 0.0921. The Balaban J connectivity index is -0.000000442. The summed E-state index contributed by atoms with van der Waals surface area (Å²) in [5.41, 5.74) is 0. The smallest absolute Gasteiger partial charge is 0.330 e. The molecule has 2 rings (SSSR count). The largest absolute Gasteiger partial charge is 0.462 e. The van der Waals surface area contributed by atoms with Crippen molar-refractivity contribution < 1.29 is 43.6 Å². The molecule has 11 nitrogen and oxygen atoms in total. The van der Waals surface area contributed by atoms with Crippen molar-refractivity contribution in [3.05, 3.63) is 63.4 Å². The Labute approximate surface area is 245 Å². The van der Waals surface area contributed by atoms with Gasteiger partial charge in [-0.3, -0.25) is 9.59 Å². The van der Waals surface area contributed by atoms with E-state index in [1.54, 1.807) is 11.1 Å². The number of carbonyl (C=O) groups is 4. The van der Waals surface area contributed by atoms with Gasteiger partial charge in [0, 0.05) is 50.8 Å². The molecular weight excluding hydrogens is 532 g/mol. The molecule has 11 heteroatoms. The number of ether oxygens (including phenoxy) is 3. The van der Waals surface area contributed by atoms with Crippen LogP contribution in [0.2, 0.25) is 0 Å². The Kier molecular flexibility index (Phi) is 31.7. The molecule has 1 atom stereocenters. The number of carbonyl (C=O) groups excluding carboxylic acids is 4. The number of aliphatic hydroxyl groups is 2. The number of likely N-dealkylation sites (tertiary alicyclic amines) is 1. The van der Waals surface area contributed by atoms with Gasteiger partial charge in [-0.1, -0.05) is 32.4 Å². The number of epoxide rings is 1. The van der Waals surface area contributed by atoms with Gasteiger partial charge in [0.05, 0.1) is 13.2 Å². The molecule has 0 radical (unpaired) electrons. The molecule has 1 unspecified atom stereocenters. The topological polar surface area (TPSA) is 155 Å². The third kappa shape index (κ3) is 34.4. The van der Waals surface area contributed by atoms with Gasteiger partial charge in [0.1, 0.15) is 12.7 Å². The second-order valence-corrected chi connectivity index (χ2v) is 8.49. The van der Waals surface area contributed by atoms with E-state index in [0.29, 0.717) is 32.7 Å². The van der Waals surface area contributed by atoms with Crippen LogP contribution in [0.1, 0.15) is 52.4 Å². The van der Waals surface area contributed by atoms with E-state index >= 15 is 0 Å². The minimum absolute atomic E-state index is 0.0461. The normalized spacial score (nSPS) is 13.9. The average molecular weight is 583 g/mol. The molecule has 2 fully saturated rings. The van der Waals surface area contributed by atoms with E-state index in [1.165, 1.54) is 6.08 Å². The fraction of sp³-hybridized carbons (Fsp3) is 0.533. The number of rotatable bonds is 14. The Morgan fingerprint density at radius 3 is 1.93 bits per heavy atom. The van der Waals surface area contributed by atoms with Crippen LogP contribution in [-0.4, -0.2) is 90.6 Å². The van der Waals surface area contributed by atoms with E-state index in [0.717, 1.165) is 44.4 Å². The van der Waals surface area contributed by atoms with Crippen LogP contribution in [0.25, 0.3) is 0 Å². The first-order valence-electron chi connectivity index (χ1n) is 13.4. The lowest BCUT2D eigenvalue weighted by molar-refractivity contribution is -0.139. The van der Waals surface area contributed by atoms with E-state index in [4.69, 9.17) is 14.9 Å². The Morgan fingerprint density at radius 1 is 1.00 bits per heavy atom. The standard InChI is InChI=1S/C6H9NO.C6H11NO.C6H8O3.C6H10O3.C6H12O/c1-2-7-5-3-4-6(7)8;1-4-6(8)7-5(2)3;1-2-6(7)9-4-5-3-8-5;1-2-6(8)9-5-3-4-7;1-2-3-4-5-6-7/h2H,1,3-5H2;4-5H,1H2,2-3H3,(H,7,8);2,5H,1,3-4H2;2,7H,1,3-5H2;2,7H,1,3-6H2. The van der Waals surface area contributed by atoms with Crippen LogP contribution in [0.3, 0.4) is 0 Å². The first-order valence-corrected chi connectivity index (χ1v) is 13.4. The van der Waals surface area contributed by atoms with Crippen LogP contribution in [0.15, 0.2) is 63.4 Å². The summed E-state index contributed by atoms with van der Waals surface area (Å²) in [6.45, 7) is 23.2. The van der Waals surface area contributed by atoms with Crippen LogP contribution >= 0.6 is 0 Å². The van der Waals surface area contributed by atoms with Gasteiger partial charge in [-0.15, -0.1) is 6.58 Å². The van der Waals surface area contributed by atoms with Crippen molar-refractivity contribution in [3.63, 3.8) is 0 Å². The average Bonchev–Trinajstić information content (AvgIpc) is 3.71. The zero-order chi connectivity index (χ0) is 31.9. The molecule has 2 aliphatic heterocycles. The SMILES string of the molecule is C=CC(=O)NC(C)C.C=CC(=O)OCC1CO1.C=CC(=O)OCCCO.C=CCCCCO.C=CN1CCCC1=O. The van der Waals surface area contributed by atoms with Gasteiger partial charge in [0.15, 0.2) is 0 Å². The zero-order valence-corrected chi connectivity index (χ0v) is 24.8. The second kappa shape index (κ2) is 31.0. The van der Waals surface area contributed by atoms with Crippen molar-refractivity contribution in [2.75, 3.05) is 39.6 Å². The highest BCUT2D eigenvalue weighted by Crippen LogP contribution is 2.08. The highest BCUT2D eigenvalue weighted by molar-refractivity contribution is 5.87. The minimum Gasteiger partial charge on any atom is -0.462 e. The molecule has 234 valence electrons. The lowest BCUT2D eigenvalue weighted by Gasteiger charge is -2.05. The number of amides is 2. The van der Waals surface area contributed by atoms with E-state index in [9.17, 15) is 19.2 Å². The summed E-state index contributed by atoms with van der Waals surface area (Å²) in [6.07, 6.45) is 12.3. The molecule has 2 saturated heterocycles. The predicted octanol–water partition coefficient (Wildman–Crippen LogP) is 3.00. The fourth-order valence-corrected chi connectivity index (χ4v) is 2.30. The lowest BCUT2D eigenvalue weighted by Crippen LogP contribution is -2.27. The van der Waals surface area contributed by atoms with E-state index in [-0.39, 0.29) is 43.1 Å². The second-order valence-electron chi connectivity index (χ2n) is 8.49. The number of esters is 2. The molecule has 2 aliphatic rings. The number of nitrogens with one attached hydrogen (secondary N) is 1. The summed E-state index contributed by atoms with van der Waals surface area (Å²) in [5, 5.41) is 19.1. The molecule has 0 spiro atoms. The number of nitrogens with zero attached hydrogens (tertiary/aromatic N) is 1. The molecule has 0 aromatic heterocycles. The van der Waals surface area contributed by atoms with Crippen LogP contribution in [-0.2, 0) is 33.4 Å². The van der Waals surface area contributed by atoms with Crippen molar-refractivity contribution in [1.82, 2.24) is 10.2 Å². The van der Waals surface area contributed by atoms with Gasteiger partial charge < -0.3 is 34.6 Å². The van der Waals surface area contributed by atoms with Crippen LogP contribution in [0.4, 0.5) is 0 Å². The van der Waals surface area contributed by atoms with Crippen LogP contribution in [0, 0.1) is 0 Å². The van der Waals surface area contributed by atoms with Gasteiger partial charge in [-0.25, -0.2) is 9.59 Å². The first-order chi connectivity index (χ1) is 19.6. The van der Waals surface area contributed by atoms with Crippen molar-refractivity contribution >= 4 is 23.8 Å². The van der Waals surface area contributed by atoms with E-state index in [2.05, 4.69) is 47.7 Å². The van der Waals surface area contributed by atoms with Gasteiger partial charge in [0.2, 0.25) is 11.8 Å². The van der Waals surface area contributed by atoms with Crippen molar-refractivity contribution in [2.45, 2.75) is 64.5 Å². The van der Waals surface area contributed by atoms with Crippen LogP contribution < -0.4 is 5.32 Å². The molecule has 2 amide bonds. The van der Waals surface area contributed by atoms with Crippen molar-refractivity contribution in [3.8, 4) is 0 Å². The van der Waals surface area contributed by atoms with Gasteiger partial charge in [0.25, 0.3) is 0 Å². The maximum absolute atomic E-state index is 10.7. The molecular formula is C30H50N2O9. The minimum atomic E-state index is -0.441. The Hall–Kier alpha value is -3.54. The highest BCUT2D eigenvalue weighted by Gasteiger charge is 2.23. The van der Waals surface area contributed by atoms with Crippen LogP contribution in [0.5, 0.6) is 0 Å². The molecule has 0 aromatic carbocycles. The maximum atomic E-state index is 10.7. The summed E-state index contributed by atoms with van der Waals surface area (Å²) in [6, 6.07) is 0.209. The summed E-state index contributed by atoms with van der Waals surface area (Å²) in [4.78, 5) is 43.3. The molecule has 0 bridgehead atoms. The number of hydrogen-bond donors (Lipinski definition) is 3. The third-order valence-corrected chi connectivity index (χ3v) is 4.46. The maximum Gasteiger partial charge on any atom is 0.330 e. The lowest BCUT2D eigenvalue weighted by atomic mass is 10.2. The third-order valence-electron chi connectivity index (χ3n) is 4.46. The monoisotopic (exact) mass is 582 g/mol. The van der Waals surface area contributed by atoms with Crippen molar-refractivity contribution in [1.29, 1.82) is 0 Å². The Bertz CT molecular complexity index is 778. The number of hydrogen-bond acceptors (Lipinski definition) is 9. The highest BCUT2D eigenvalue weighted by atomic mass is 16.6. The van der Waals surface area contributed by atoms with E-state index < -0.39 is 5.97 Å². The summed E-state index contributed by atoms with van der Waals surface area (Å²) in [7, 11) is 0. The van der Waals surface area contributed by atoms with Gasteiger partial charge in [-0.2, -0.15) is 0 Å². The summed E-state index contributed by atoms with van der Waals surface area (Å²) < 4.78 is 13.9. The summed E-state index contributed by atoms with van der Waals surface area (Å²) >= 11 is 0. The van der Waals surface area contributed by atoms with Crippen molar-refractivity contribution in [2.24, 2.45) is 0 Å². The Morgan fingerprint density at radius 2 is 1.59 bits per heavy atom. The summed E-state index contributed by atoms with van der Waals surface area (Å²) in [5.74, 6) is -0.728. The van der Waals surface area contributed by atoms with Gasteiger partial charge in [-0.05, 0) is 51.8 Å². The van der Waals surface area contributed by atoms with Gasteiger partial charge >= 0.3 is 11.9 Å². The molecule has 0 aromatic rings. The number of allylic oxidation sites excluding steroid dienone is 1. The molecule has 0 aliphatic carbocycles. The number of aliphatic hydroxyl groups excluding tert-OH is 2.